The summed E-state index contributed by atoms with van der Waals surface area (Å²) < 4.78 is 36.8. The molecule has 4 atom stereocenters. The van der Waals surface area contributed by atoms with Crippen molar-refractivity contribution in [1.29, 1.82) is 0 Å². The zero-order chi connectivity index (χ0) is 33.3. The maximum absolute atomic E-state index is 13.9. The lowest BCUT2D eigenvalue weighted by Gasteiger charge is -2.36. The van der Waals surface area contributed by atoms with Gasteiger partial charge < -0.3 is 25.2 Å². The molecule has 0 aromatic carbocycles. The van der Waals surface area contributed by atoms with Crippen LogP contribution in [0.3, 0.4) is 0 Å². The summed E-state index contributed by atoms with van der Waals surface area (Å²) in [5, 5.41) is 5.64. The van der Waals surface area contributed by atoms with E-state index in [2.05, 4.69) is 20.3 Å². The van der Waals surface area contributed by atoms with Gasteiger partial charge in [0.25, 0.3) is 5.91 Å². The summed E-state index contributed by atoms with van der Waals surface area (Å²) in [6, 6.07) is -1.99. The predicted octanol–water partition coefficient (Wildman–Crippen LogP) is 2.19. The molecular weight excluding hydrogens is 612 g/mol. The van der Waals surface area contributed by atoms with E-state index in [1.54, 1.807) is 20.8 Å². The summed E-state index contributed by atoms with van der Waals surface area (Å²) in [4.78, 5) is 57.9. The number of nitrogens with one attached hydrogen (secondary N) is 3. The van der Waals surface area contributed by atoms with Crippen LogP contribution in [0.2, 0.25) is 0 Å². The number of ether oxygens (including phenoxy) is 1. The van der Waals surface area contributed by atoms with Gasteiger partial charge in [0, 0.05) is 24.5 Å². The minimum Gasteiger partial charge on any atom is -0.444 e. The number of likely N-dealkylation sites (tertiary alicyclic amines) is 1. The SMILES string of the molecule is CN1CCC(N(C2CC2)S(=O)(=O)NC(=O)[C@@]23C[C@@H]2/C=C\CCCCC[C@H](NC(=O)OC(C)(C)C)C(=O)N2CCC[C@H]2C(=O)N3)CC1. The highest BCUT2D eigenvalue weighted by atomic mass is 32.2. The Kier molecular flexibility index (Phi) is 10.4. The van der Waals surface area contributed by atoms with Crippen molar-refractivity contribution in [3.8, 4) is 0 Å². The summed E-state index contributed by atoms with van der Waals surface area (Å²) in [5.41, 5.74) is -2.16. The Morgan fingerprint density at radius 3 is 2.35 bits per heavy atom. The second-order valence-corrected chi connectivity index (χ2v) is 16.3. The third-order valence-electron chi connectivity index (χ3n) is 9.78. The fourth-order valence-corrected chi connectivity index (χ4v) is 8.80. The number of fused-ring (bicyclic) bond motifs is 2. The highest BCUT2D eigenvalue weighted by molar-refractivity contribution is 7.87. The number of allylic oxidation sites excluding steroid dienone is 1. The molecule has 2 saturated carbocycles. The molecule has 3 N–H and O–H groups in total. The van der Waals surface area contributed by atoms with E-state index in [9.17, 15) is 27.6 Å². The van der Waals surface area contributed by atoms with Crippen LogP contribution < -0.4 is 15.4 Å². The monoisotopic (exact) mass is 664 g/mol. The van der Waals surface area contributed by atoms with Crippen molar-refractivity contribution in [2.45, 2.75) is 133 Å². The first-order valence-electron chi connectivity index (χ1n) is 17.0. The number of carbonyl (C=O) groups is 4. The molecule has 2 aliphatic carbocycles. The van der Waals surface area contributed by atoms with Crippen LogP contribution in [0.1, 0.15) is 97.8 Å². The fourth-order valence-electron chi connectivity index (χ4n) is 7.07. The first kappa shape index (κ1) is 34.6. The third kappa shape index (κ3) is 8.22. The van der Waals surface area contributed by atoms with Crippen LogP contribution in [0.25, 0.3) is 0 Å². The Hall–Kier alpha value is -2.71. The lowest BCUT2D eigenvalue weighted by molar-refractivity contribution is -0.141. The zero-order valence-electron chi connectivity index (χ0n) is 27.8. The number of alkyl carbamates (subject to hydrolysis) is 1. The molecule has 0 aromatic heterocycles. The maximum Gasteiger partial charge on any atom is 0.408 e. The molecule has 46 heavy (non-hydrogen) atoms. The normalized spacial score (nSPS) is 31.2. The molecule has 0 spiro atoms. The molecular formula is C32H52N6O7S. The van der Waals surface area contributed by atoms with Crippen LogP contribution >= 0.6 is 0 Å². The summed E-state index contributed by atoms with van der Waals surface area (Å²) in [7, 11) is -2.14. The van der Waals surface area contributed by atoms with Crippen molar-refractivity contribution in [3.05, 3.63) is 12.2 Å². The molecule has 3 heterocycles. The number of amides is 4. The maximum atomic E-state index is 13.9. The van der Waals surface area contributed by atoms with E-state index in [1.807, 2.05) is 19.2 Å². The van der Waals surface area contributed by atoms with Gasteiger partial charge in [0.1, 0.15) is 23.2 Å². The summed E-state index contributed by atoms with van der Waals surface area (Å²) >= 11 is 0. The summed E-state index contributed by atoms with van der Waals surface area (Å²) in [6.07, 6.45) is 10.9. The highest BCUT2D eigenvalue weighted by Crippen LogP contribution is 2.46. The number of rotatable bonds is 6. The van der Waals surface area contributed by atoms with Gasteiger partial charge in [-0.3, -0.25) is 14.4 Å². The molecule has 14 heteroatoms. The number of hydrogen-bond donors (Lipinski definition) is 3. The van der Waals surface area contributed by atoms with Gasteiger partial charge in [-0.1, -0.05) is 25.0 Å². The van der Waals surface area contributed by atoms with E-state index < -0.39 is 51.3 Å². The molecule has 0 aromatic rings. The van der Waals surface area contributed by atoms with Gasteiger partial charge in [0.15, 0.2) is 0 Å². The Labute approximate surface area is 273 Å². The van der Waals surface area contributed by atoms with E-state index in [0.717, 1.165) is 45.2 Å². The molecule has 5 aliphatic rings. The fraction of sp³-hybridized carbons (Fsp3) is 0.812. The first-order valence-corrected chi connectivity index (χ1v) is 18.5. The van der Waals surface area contributed by atoms with Crippen molar-refractivity contribution >= 4 is 34.0 Å². The number of carbonyl (C=O) groups excluding carboxylic acids is 4. The second kappa shape index (κ2) is 13.8. The standard InChI is InChI=1S/C32H52N6O7S/c1-31(2,3)45-30(42)33-25-12-9-7-5-6-8-11-22-21-32(22,34-27(39)26-13-10-18-37(26)28(25)40)29(41)35-46(43,44)38(23-14-15-23)24-16-19-36(4)20-17-24/h8,11,22-26H,5-7,9-10,12-21H2,1-4H3,(H,33,42)(H,34,39)(H,35,41)/b11-8-/t22-,25-,26-,32+/m0/s1. The van der Waals surface area contributed by atoms with Crippen LogP contribution in [-0.2, 0) is 29.3 Å². The number of nitrogens with zero attached hydrogens (tertiary/aromatic N) is 3. The second-order valence-electron chi connectivity index (χ2n) is 14.8. The van der Waals surface area contributed by atoms with Gasteiger partial charge in [-0.25, -0.2) is 9.52 Å². The first-order chi connectivity index (χ1) is 21.7. The van der Waals surface area contributed by atoms with E-state index >= 15 is 0 Å². The lowest BCUT2D eigenvalue weighted by Crippen LogP contribution is -2.60. The lowest BCUT2D eigenvalue weighted by atomic mass is 10.0. The molecule has 13 nitrogen and oxygen atoms in total. The molecule has 258 valence electrons. The quantitative estimate of drug-likeness (QED) is 0.365. The molecule has 5 rings (SSSR count). The van der Waals surface area contributed by atoms with Crippen molar-refractivity contribution < 1.29 is 32.3 Å². The summed E-state index contributed by atoms with van der Waals surface area (Å²) in [5.74, 6) is -1.95. The zero-order valence-corrected chi connectivity index (χ0v) is 28.6. The Morgan fingerprint density at radius 2 is 1.67 bits per heavy atom. The molecule has 0 bridgehead atoms. The molecule has 0 radical (unpaired) electrons. The molecule has 0 unspecified atom stereocenters. The van der Waals surface area contributed by atoms with Crippen LogP contribution in [0.5, 0.6) is 0 Å². The average molecular weight is 665 g/mol. The Balaban J connectivity index is 1.34. The van der Waals surface area contributed by atoms with Crippen LogP contribution in [0.4, 0.5) is 4.79 Å². The van der Waals surface area contributed by atoms with E-state index in [0.29, 0.717) is 45.1 Å². The van der Waals surface area contributed by atoms with Gasteiger partial charge in [-0.15, -0.1) is 0 Å². The van der Waals surface area contributed by atoms with Gasteiger partial charge in [0.05, 0.1) is 0 Å². The highest BCUT2D eigenvalue weighted by Gasteiger charge is 2.62. The summed E-state index contributed by atoms with van der Waals surface area (Å²) in [6.45, 7) is 7.16. The average Bonchev–Trinajstić information content (AvgIpc) is 3.86. The van der Waals surface area contributed by atoms with Crippen LogP contribution in [0.15, 0.2) is 12.2 Å². The Morgan fingerprint density at radius 1 is 0.978 bits per heavy atom. The number of hydrogen-bond acceptors (Lipinski definition) is 8. The Bertz CT molecular complexity index is 1300. The van der Waals surface area contributed by atoms with Crippen LogP contribution in [0, 0.1) is 5.92 Å². The van der Waals surface area contributed by atoms with Crippen molar-refractivity contribution in [2.24, 2.45) is 5.92 Å². The third-order valence-corrected chi connectivity index (χ3v) is 11.4. The van der Waals surface area contributed by atoms with Crippen molar-refractivity contribution in [2.75, 3.05) is 26.7 Å². The van der Waals surface area contributed by atoms with Gasteiger partial charge in [-0.2, -0.15) is 12.7 Å². The van der Waals surface area contributed by atoms with Crippen molar-refractivity contribution in [1.82, 2.24) is 29.5 Å². The van der Waals surface area contributed by atoms with E-state index in [4.69, 9.17) is 4.74 Å². The van der Waals surface area contributed by atoms with Gasteiger partial charge in [-0.05, 0) is 105 Å². The smallest absolute Gasteiger partial charge is 0.408 e. The molecule has 4 amide bonds. The predicted molar refractivity (Wildman–Crippen MR) is 172 cm³/mol. The van der Waals surface area contributed by atoms with Crippen LogP contribution in [-0.4, -0.2) is 108 Å². The minimum absolute atomic E-state index is 0.117. The number of piperidine rings is 1. The largest absolute Gasteiger partial charge is 0.444 e. The molecule has 2 saturated heterocycles. The van der Waals surface area contributed by atoms with E-state index in [1.165, 1.54) is 9.21 Å². The molecule has 4 fully saturated rings. The molecule has 3 aliphatic heterocycles. The van der Waals surface area contributed by atoms with Gasteiger partial charge >= 0.3 is 16.3 Å². The van der Waals surface area contributed by atoms with Crippen molar-refractivity contribution in [3.63, 3.8) is 0 Å². The van der Waals surface area contributed by atoms with E-state index in [-0.39, 0.29) is 30.3 Å². The minimum atomic E-state index is -4.15. The van der Waals surface area contributed by atoms with Gasteiger partial charge in [0.2, 0.25) is 11.8 Å². The topological polar surface area (TPSA) is 157 Å².